The molecule has 84 valence electrons. The maximum Gasteiger partial charge on any atom is 0.141 e. The number of aromatic amines is 1. The molecule has 4 heteroatoms. The van der Waals surface area contributed by atoms with E-state index in [1.165, 1.54) is 38.4 Å². The molecule has 1 saturated carbocycles. The average molecular weight is 208 g/mol. The molecule has 1 fully saturated rings. The summed E-state index contributed by atoms with van der Waals surface area (Å²) in [5, 5.41) is 6.73. The van der Waals surface area contributed by atoms with Gasteiger partial charge in [0.1, 0.15) is 12.2 Å². The maximum absolute atomic E-state index is 6.17. The fourth-order valence-corrected chi connectivity index (χ4v) is 2.55. The number of hydrogen-bond acceptors (Lipinski definition) is 3. The van der Waals surface area contributed by atoms with Crippen molar-refractivity contribution in [2.75, 3.05) is 0 Å². The number of nitrogens with zero attached hydrogens (tertiary/aromatic N) is 2. The van der Waals surface area contributed by atoms with Crippen molar-refractivity contribution in [3.8, 4) is 0 Å². The molecule has 0 spiro atoms. The first-order valence-electron chi connectivity index (χ1n) is 5.92. The predicted molar refractivity (Wildman–Crippen MR) is 59.1 cm³/mol. The topological polar surface area (TPSA) is 67.6 Å². The Kier molecular flexibility index (Phi) is 3.36. The largest absolute Gasteiger partial charge is 0.321 e. The van der Waals surface area contributed by atoms with E-state index in [2.05, 4.69) is 22.1 Å². The van der Waals surface area contributed by atoms with Crippen LogP contribution in [0.4, 0.5) is 0 Å². The molecule has 4 nitrogen and oxygen atoms in total. The lowest BCUT2D eigenvalue weighted by atomic mass is 9.77. The minimum atomic E-state index is 0.0466. The van der Waals surface area contributed by atoms with Crippen LogP contribution < -0.4 is 5.73 Å². The van der Waals surface area contributed by atoms with E-state index in [1.807, 2.05) is 0 Å². The van der Waals surface area contributed by atoms with Crippen molar-refractivity contribution in [3.63, 3.8) is 0 Å². The molecule has 1 aromatic rings. The van der Waals surface area contributed by atoms with Gasteiger partial charge in [-0.3, -0.25) is 5.10 Å². The van der Waals surface area contributed by atoms with Crippen molar-refractivity contribution in [1.29, 1.82) is 0 Å². The molecule has 3 N–H and O–H groups in total. The molecule has 0 aromatic carbocycles. The lowest BCUT2D eigenvalue weighted by molar-refractivity contribution is 0.236. The van der Waals surface area contributed by atoms with Gasteiger partial charge in [-0.05, 0) is 24.7 Å². The molecule has 0 saturated heterocycles. The third-order valence-corrected chi connectivity index (χ3v) is 3.73. The van der Waals surface area contributed by atoms with Crippen molar-refractivity contribution in [3.05, 3.63) is 12.2 Å². The van der Waals surface area contributed by atoms with Crippen LogP contribution in [0.25, 0.3) is 0 Å². The summed E-state index contributed by atoms with van der Waals surface area (Å²) in [6.45, 7) is 2.28. The highest BCUT2D eigenvalue weighted by atomic mass is 15.2. The molecular weight excluding hydrogens is 188 g/mol. The summed E-state index contributed by atoms with van der Waals surface area (Å²) < 4.78 is 0. The third-order valence-electron chi connectivity index (χ3n) is 3.73. The van der Waals surface area contributed by atoms with Crippen molar-refractivity contribution in [1.82, 2.24) is 15.2 Å². The fourth-order valence-electron chi connectivity index (χ4n) is 2.55. The van der Waals surface area contributed by atoms with Crippen LogP contribution in [0.3, 0.4) is 0 Å². The van der Waals surface area contributed by atoms with Crippen molar-refractivity contribution in [2.45, 2.75) is 45.1 Å². The zero-order valence-corrected chi connectivity index (χ0v) is 9.32. The summed E-state index contributed by atoms with van der Waals surface area (Å²) in [4.78, 5) is 4.14. The normalized spacial score (nSPS) is 28.9. The van der Waals surface area contributed by atoms with E-state index in [0.717, 1.165) is 11.7 Å². The second-order valence-electron chi connectivity index (χ2n) is 4.59. The zero-order chi connectivity index (χ0) is 10.7. The van der Waals surface area contributed by atoms with E-state index in [0.29, 0.717) is 5.92 Å². The third kappa shape index (κ3) is 2.37. The van der Waals surface area contributed by atoms with Gasteiger partial charge in [-0.15, -0.1) is 0 Å². The monoisotopic (exact) mass is 208 g/mol. The highest BCUT2D eigenvalue weighted by Crippen LogP contribution is 2.35. The van der Waals surface area contributed by atoms with Gasteiger partial charge in [0.05, 0.1) is 6.04 Å². The van der Waals surface area contributed by atoms with Crippen molar-refractivity contribution in [2.24, 2.45) is 17.6 Å². The summed E-state index contributed by atoms with van der Waals surface area (Å²) in [6.07, 6.45) is 7.96. The lowest BCUT2D eigenvalue weighted by Gasteiger charge is -2.30. The Morgan fingerprint density at radius 3 is 2.73 bits per heavy atom. The molecule has 0 amide bonds. The number of hydrogen-bond donors (Lipinski definition) is 2. The first-order chi connectivity index (χ1) is 7.31. The van der Waals surface area contributed by atoms with E-state index in [9.17, 15) is 0 Å². The van der Waals surface area contributed by atoms with E-state index >= 15 is 0 Å². The minimum Gasteiger partial charge on any atom is -0.321 e. The summed E-state index contributed by atoms with van der Waals surface area (Å²) in [5.41, 5.74) is 6.17. The summed E-state index contributed by atoms with van der Waals surface area (Å²) in [5.74, 6) is 2.35. The molecular formula is C11H20N4. The summed E-state index contributed by atoms with van der Waals surface area (Å²) >= 11 is 0. The maximum atomic E-state index is 6.17. The molecule has 1 unspecified atom stereocenters. The molecule has 1 aromatic heterocycles. The summed E-state index contributed by atoms with van der Waals surface area (Å²) in [7, 11) is 0. The van der Waals surface area contributed by atoms with Gasteiger partial charge in [-0.1, -0.05) is 26.2 Å². The van der Waals surface area contributed by atoms with Gasteiger partial charge in [0.25, 0.3) is 0 Å². The molecule has 2 rings (SSSR count). The first-order valence-corrected chi connectivity index (χ1v) is 5.92. The lowest BCUT2D eigenvalue weighted by Crippen LogP contribution is -2.26. The van der Waals surface area contributed by atoms with Gasteiger partial charge < -0.3 is 5.73 Å². The second-order valence-corrected chi connectivity index (χ2v) is 4.59. The van der Waals surface area contributed by atoms with E-state index in [4.69, 9.17) is 5.73 Å². The number of H-pyrrole nitrogens is 1. The van der Waals surface area contributed by atoms with Gasteiger partial charge in [-0.2, -0.15) is 5.10 Å². The van der Waals surface area contributed by atoms with Gasteiger partial charge in [0, 0.05) is 0 Å². The quantitative estimate of drug-likeness (QED) is 0.798. The van der Waals surface area contributed by atoms with Crippen LogP contribution in [-0.2, 0) is 0 Å². The zero-order valence-electron chi connectivity index (χ0n) is 9.32. The number of nitrogens with one attached hydrogen (secondary N) is 1. The van der Waals surface area contributed by atoms with Crippen LogP contribution in [0.15, 0.2) is 6.33 Å². The molecule has 1 heterocycles. The fraction of sp³-hybridized carbons (Fsp3) is 0.818. The number of aromatic nitrogens is 3. The van der Waals surface area contributed by atoms with E-state index < -0.39 is 0 Å². The molecule has 15 heavy (non-hydrogen) atoms. The molecule has 0 aliphatic heterocycles. The number of rotatable bonds is 3. The van der Waals surface area contributed by atoms with Crippen LogP contribution in [0.1, 0.15) is 50.9 Å². The van der Waals surface area contributed by atoms with Crippen LogP contribution in [0.5, 0.6) is 0 Å². The Bertz CT molecular complexity index is 275. The first kappa shape index (κ1) is 10.6. The second kappa shape index (κ2) is 4.75. The van der Waals surface area contributed by atoms with Crippen molar-refractivity contribution < 1.29 is 0 Å². The van der Waals surface area contributed by atoms with Gasteiger partial charge in [0.2, 0.25) is 0 Å². The summed E-state index contributed by atoms with van der Waals surface area (Å²) in [6, 6.07) is 0.0466. The van der Waals surface area contributed by atoms with E-state index in [-0.39, 0.29) is 6.04 Å². The Morgan fingerprint density at radius 2 is 2.20 bits per heavy atom. The minimum absolute atomic E-state index is 0.0466. The van der Waals surface area contributed by atoms with Crippen LogP contribution >= 0.6 is 0 Å². The standard InChI is InChI=1S/C11H20N4/c1-2-8-3-5-9(6-4-8)10(12)11-13-7-14-15-11/h7-10H,2-6,12H2,1H3,(H,13,14,15). The Morgan fingerprint density at radius 1 is 1.47 bits per heavy atom. The number of nitrogens with two attached hydrogens (primary N) is 1. The van der Waals surface area contributed by atoms with E-state index in [1.54, 1.807) is 0 Å². The van der Waals surface area contributed by atoms with Crippen molar-refractivity contribution >= 4 is 0 Å². The molecule has 0 bridgehead atoms. The Hall–Kier alpha value is -0.900. The van der Waals surface area contributed by atoms with Gasteiger partial charge in [0.15, 0.2) is 0 Å². The van der Waals surface area contributed by atoms with Crippen LogP contribution in [-0.4, -0.2) is 15.2 Å². The highest BCUT2D eigenvalue weighted by Gasteiger charge is 2.26. The average Bonchev–Trinajstić information content (AvgIpc) is 2.82. The van der Waals surface area contributed by atoms with Gasteiger partial charge >= 0.3 is 0 Å². The van der Waals surface area contributed by atoms with Gasteiger partial charge in [-0.25, -0.2) is 4.98 Å². The van der Waals surface area contributed by atoms with Crippen LogP contribution in [0, 0.1) is 11.8 Å². The molecule has 1 aliphatic rings. The SMILES string of the molecule is CCC1CCC(C(N)c2ncn[nH]2)CC1. The smallest absolute Gasteiger partial charge is 0.141 e. The highest BCUT2D eigenvalue weighted by molar-refractivity contribution is 4.94. The molecule has 0 radical (unpaired) electrons. The predicted octanol–water partition coefficient (Wildman–Crippen LogP) is 2.02. The molecule has 1 atom stereocenters. The van der Waals surface area contributed by atoms with Crippen LogP contribution in [0.2, 0.25) is 0 Å². The molecule has 1 aliphatic carbocycles. The Labute approximate surface area is 90.7 Å². The Balaban J connectivity index is 1.90.